The third-order valence-corrected chi connectivity index (χ3v) is 3.26. The maximum absolute atomic E-state index is 12.1. The van der Waals surface area contributed by atoms with Crippen LogP contribution < -0.4 is 5.32 Å². The van der Waals surface area contributed by atoms with Gasteiger partial charge in [-0.25, -0.2) is 4.79 Å². The lowest BCUT2D eigenvalue weighted by molar-refractivity contribution is -0.140. The van der Waals surface area contributed by atoms with E-state index in [0.29, 0.717) is 5.56 Å². The lowest BCUT2D eigenvalue weighted by Crippen LogP contribution is -2.41. The van der Waals surface area contributed by atoms with Crippen molar-refractivity contribution in [1.82, 2.24) is 5.32 Å². The fraction of sp³-hybridized carbons (Fsp3) is 0.188. The minimum absolute atomic E-state index is 0.163. The van der Waals surface area contributed by atoms with E-state index in [1.54, 1.807) is 18.2 Å². The first-order valence-corrected chi connectivity index (χ1v) is 6.71. The number of carboxylic acid groups (broad SMARTS) is 2. The van der Waals surface area contributed by atoms with Crippen molar-refractivity contribution in [3.63, 3.8) is 0 Å². The van der Waals surface area contributed by atoms with E-state index in [1.165, 1.54) is 0 Å². The molecule has 6 nitrogen and oxygen atoms in total. The zero-order valence-corrected chi connectivity index (χ0v) is 11.7. The van der Waals surface area contributed by atoms with Crippen LogP contribution in [0.5, 0.6) is 0 Å². The number of benzene rings is 2. The molecule has 2 rings (SSSR count). The molecule has 0 bridgehead atoms. The summed E-state index contributed by atoms with van der Waals surface area (Å²) in [6, 6.07) is 11.3. The third kappa shape index (κ3) is 3.82. The van der Waals surface area contributed by atoms with E-state index in [9.17, 15) is 14.4 Å². The van der Waals surface area contributed by atoms with Gasteiger partial charge in [0.05, 0.1) is 0 Å². The topological polar surface area (TPSA) is 104 Å². The Morgan fingerprint density at radius 3 is 2.32 bits per heavy atom. The Kier molecular flexibility index (Phi) is 4.73. The van der Waals surface area contributed by atoms with Gasteiger partial charge in [0, 0.05) is 12.0 Å². The average molecular weight is 301 g/mol. The molecule has 114 valence electrons. The molecule has 6 heteroatoms. The van der Waals surface area contributed by atoms with Gasteiger partial charge in [-0.2, -0.15) is 0 Å². The molecule has 2 aromatic carbocycles. The van der Waals surface area contributed by atoms with Gasteiger partial charge in [0.25, 0.3) is 5.91 Å². The van der Waals surface area contributed by atoms with Crippen molar-refractivity contribution in [2.75, 3.05) is 0 Å². The lowest BCUT2D eigenvalue weighted by Gasteiger charge is -2.13. The van der Waals surface area contributed by atoms with Gasteiger partial charge in [0.2, 0.25) is 0 Å². The van der Waals surface area contributed by atoms with E-state index in [0.717, 1.165) is 10.8 Å². The molecule has 0 aromatic heterocycles. The standard InChI is InChI=1S/C16H15NO5/c18-14(19)8-7-13(16(21)22)17-15(20)12-6-5-10-3-1-2-4-11(10)9-12/h1-6,9,13H,7-8H2,(H,17,20)(H,18,19)(H,21,22)/t13-/m0/s1. The number of nitrogens with one attached hydrogen (secondary N) is 1. The first kappa shape index (κ1) is 15.5. The highest BCUT2D eigenvalue weighted by molar-refractivity contribution is 6.00. The normalized spacial score (nSPS) is 11.8. The molecule has 0 saturated heterocycles. The third-order valence-electron chi connectivity index (χ3n) is 3.26. The molecule has 3 N–H and O–H groups in total. The number of aliphatic carboxylic acids is 2. The summed E-state index contributed by atoms with van der Waals surface area (Å²) in [5.41, 5.74) is 0.334. The Hall–Kier alpha value is -2.89. The van der Waals surface area contributed by atoms with E-state index in [-0.39, 0.29) is 12.8 Å². The number of fused-ring (bicyclic) bond motifs is 1. The molecule has 0 fully saturated rings. The molecular weight excluding hydrogens is 286 g/mol. The van der Waals surface area contributed by atoms with Crippen molar-refractivity contribution in [3.05, 3.63) is 48.0 Å². The predicted octanol–water partition coefficient (Wildman–Crippen LogP) is 1.89. The van der Waals surface area contributed by atoms with Gasteiger partial charge in [-0.05, 0) is 29.3 Å². The van der Waals surface area contributed by atoms with E-state index in [2.05, 4.69) is 5.32 Å². The fourth-order valence-electron chi connectivity index (χ4n) is 2.10. The van der Waals surface area contributed by atoms with Crippen LogP contribution in [0.25, 0.3) is 10.8 Å². The summed E-state index contributed by atoms with van der Waals surface area (Å²) in [5, 5.41) is 21.8. The number of hydrogen-bond donors (Lipinski definition) is 3. The molecule has 1 atom stereocenters. The highest BCUT2D eigenvalue weighted by atomic mass is 16.4. The van der Waals surface area contributed by atoms with E-state index in [4.69, 9.17) is 10.2 Å². The zero-order valence-electron chi connectivity index (χ0n) is 11.7. The highest BCUT2D eigenvalue weighted by Gasteiger charge is 2.21. The number of carbonyl (C=O) groups excluding carboxylic acids is 1. The first-order valence-electron chi connectivity index (χ1n) is 6.71. The van der Waals surface area contributed by atoms with E-state index in [1.807, 2.05) is 24.3 Å². The molecule has 0 heterocycles. The van der Waals surface area contributed by atoms with Crippen LogP contribution in [0.2, 0.25) is 0 Å². The van der Waals surface area contributed by atoms with Gasteiger partial charge >= 0.3 is 11.9 Å². The van der Waals surface area contributed by atoms with Crippen molar-refractivity contribution in [1.29, 1.82) is 0 Å². The van der Waals surface area contributed by atoms with Gasteiger partial charge in [-0.1, -0.05) is 30.3 Å². The van der Waals surface area contributed by atoms with Gasteiger partial charge in [0.15, 0.2) is 0 Å². The molecule has 0 aliphatic rings. The van der Waals surface area contributed by atoms with Gasteiger partial charge in [-0.15, -0.1) is 0 Å². The van der Waals surface area contributed by atoms with Crippen LogP contribution in [0.15, 0.2) is 42.5 Å². The fourth-order valence-corrected chi connectivity index (χ4v) is 2.10. The average Bonchev–Trinajstić information content (AvgIpc) is 2.50. The summed E-state index contributed by atoms with van der Waals surface area (Å²) in [5.74, 6) is -2.90. The van der Waals surface area contributed by atoms with Crippen molar-refractivity contribution in [2.45, 2.75) is 18.9 Å². The van der Waals surface area contributed by atoms with Crippen molar-refractivity contribution >= 4 is 28.6 Å². The maximum atomic E-state index is 12.1. The molecule has 1 amide bonds. The summed E-state index contributed by atoms with van der Waals surface area (Å²) in [7, 11) is 0. The Labute approximate surface area is 126 Å². The Morgan fingerprint density at radius 1 is 1.00 bits per heavy atom. The smallest absolute Gasteiger partial charge is 0.326 e. The molecule has 0 saturated carbocycles. The van der Waals surface area contributed by atoms with Crippen LogP contribution in [-0.4, -0.2) is 34.1 Å². The summed E-state index contributed by atoms with van der Waals surface area (Å²) in [4.78, 5) is 33.7. The molecule has 0 aliphatic heterocycles. The molecule has 0 radical (unpaired) electrons. The van der Waals surface area contributed by atoms with Crippen LogP contribution in [-0.2, 0) is 9.59 Å². The number of carboxylic acids is 2. The maximum Gasteiger partial charge on any atom is 0.326 e. The first-order chi connectivity index (χ1) is 10.5. The number of amides is 1. The lowest BCUT2D eigenvalue weighted by atomic mass is 10.1. The predicted molar refractivity (Wildman–Crippen MR) is 79.7 cm³/mol. The summed E-state index contributed by atoms with van der Waals surface area (Å²) in [6.07, 6.45) is -0.487. The Bertz CT molecular complexity index is 725. The molecule has 22 heavy (non-hydrogen) atoms. The number of rotatable bonds is 6. The zero-order chi connectivity index (χ0) is 16.1. The van der Waals surface area contributed by atoms with Crippen molar-refractivity contribution < 1.29 is 24.6 Å². The minimum atomic E-state index is -1.25. The summed E-state index contributed by atoms with van der Waals surface area (Å²) < 4.78 is 0. The molecule has 0 unspecified atom stereocenters. The molecule has 2 aromatic rings. The Morgan fingerprint density at radius 2 is 1.68 bits per heavy atom. The quantitative estimate of drug-likeness (QED) is 0.756. The molecular formula is C16H15NO5. The molecule has 0 aliphatic carbocycles. The van der Waals surface area contributed by atoms with Crippen LogP contribution >= 0.6 is 0 Å². The van der Waals surface area contributed by atoms with Crippen LogP contribution in [0.4, 0.5) is 0 Å². The minimum Gasteiger partial charge on any atom is -0.481 e. The Balaban J connectivity index is 2.14. The second kappa shape index (κ2) is 6.71. The van der Waals surface area contributed by atoms with Crippen molar-refractivity contribution in [3.8, 4) is 0 Å². The second-order valence-corrected chi connectivity index (χ2v) is 4.86. The van der Waals surface area contributed by atoms with Gasteiger partial charge in [-0.3, -0.25) is 9.59 Å². The number of hydrogen-bond acceptors (Lipinski definition) is 3. The second-order valence-electron chi connectivity index (χ2n) is 4.86. The SMILES string of the molecule is O=C(O)CC[C@H](NC(=O)c1ccc2ccccc2c1)C(=O)O. The summed E-state index contributed by atoms with van der Waals surface area (Å²) in [6.45, 7) is 0. The van der Waals surface area contributed by atoms with Crippen LogP contribution in [0.3, 0.4) is 0 Å². The monoisotopic (exact) mass is 301 g/mol. The van der Waals surface area contributed by atoms with E-state index < -0.39 is 23.9 Å². The van der Waals surface area contributed by atoms with E-state index >= 15 is 0 Å². The highest BCUT2D eigenvalue weighted by Crippen LogP contribution is 2.15. The largest absolute Gasteiger partial charge is 0.481 e. The van der Waals surface area contributed by atoms with Gasteiger partial charge in [0.1, 0.15) is 6.04 Å². The van der Waals surface area contributed by atoms with Crippen molar-refractivity contribution in [2.24, 2.45) is 0 Å². The van der Waals surface area contributed by atoms with Crippen LogP contribution in [0, 0.1) is 0 Å². The van der Waals surface area contributed by atoms with Crippen LogP contribution in [0.1, 0.15) is 23.2 Å². The summed E-state index contributed by atoms with van der Waals surface area (Å²) >= 11 is 0. The van der Waals surface area contributed by atoms with Gasteiger partial charge < -0.3 is 15.5 Å². The molecule has 0 spiro atoms. The number of carbonyl (C=O) groups is 3.